The maximum Gasteiger partial charge on any atom is 0.585 e. The average molecular weight is 521 g/mol. The highest BCUT2D eigenvalue weighted by molar-refractivity contribution is 6.07. The quantitative estimate of drug-likeness (QED) is 0.375. The molecule has 0 saturated carbocycles. The van der Waals surface area contributed by atoms with E-state index in [1.807, 2.05) is 12.1 Å². The zero-order chi connectivity index (χ0) is 26.7. The summed E-state index contributed by atoms with van der Waals surface area (Å²) in [4.78, 5) is 43.7. The van der Waals surface area contributed by atoms with Gasteiger partial charge in [0, 0.05) is 25.7 Å². The Morgan fingerprint density at radius 1 is 1.32 bits per heavy atom. The lowest BCUT2D eigenvalue weighted by molar-refractivity contribution is -0.336. The van der Waals surface area contributed by atoms with Crippen LogP contribution in [0.3, 0.4) is 0 Å². The molecule has 4 rings (SSSR count). The van der Waals surface area contributed by atoms with Crippen molar-refractivity contribution in [1.82, 2.24) is 15.2 Å². The first kappa shape index (κ1) is 26.4. The molecule has 1 aromatic heterocycles. The number of ether oxygens (including phenoxy) is 3. The van der Waals surface area contributed by atoms with Crippen molar-refractivity contribution in [1.29, 1.82) is 0 Å². The van der Waals surface area contributed by atoms with E-state index in [4.69, 9.17) is 4.74 Å². The van der Waals surface area contributed by atoms with Crippen molar-refractivity contribution in [2.45, 2.75) is 64.3 Å². The Bertz CT molecular complexity index is 1140. The second kappa shape index (κ2) is 10.7. The number of anilines is 1. The van der Waals surface area contributed by atoms with Gasteiger partial charge in [0.1, 0.15) is 11.6 Å². The van der Waals surface area contributed by atoms with Gasteiger partial charge in [0.05, 0.1) is 12.5 Å². The number of halogens is 2. The molecule has 1 fully saturated rings. The molecule has 1 saturated heterocycles. The zero-order valence-electron chi connectivity index (χ0n) is 20.9. The maximum absolute atomic E-state index is 13.3. The van der Waals surface area contributed by atoms with Gasteiger partial charge in [-0.1, -0.05) is 0 Å². The van der Waals surface area contributed by atoms with Crippen LogP contribution in [0, 0.1) is 5.92 Å². The smallest absolute Gasteiger partial charge is 0.464 e. The number of imide groups is 1. The number of alkyl halides is 2. The molecule has 0 aromatic carbocycles. The number of nitrogens with one attached hydrogen (secondary N) is 2. The molecule has 1 aliphatic carbocycles. The fraction of sp³-hybridized carbons (Fsp3) is 0.520. The number of β-lactam (4-membered cyclic amide) rings is 1. The third kappa shape index (κ3) is 5.67. The van der Waals surface area contributed by atoms with E-state index < -0.39 is 42.2 Å². The molecule has 3 atom stereocenters. The van der Waals surface area contributed by atoms with E-state index in [0.29, 0.717) is 31.3 Å². The molecule has 1 aromatic rings. The number of pyridine rings is 1. The second-order valence-electron chi connectivity index (χ2n) is 9.05. The first-order valence-electron chi connectivity index (χ1n) is 12.3. The molecule has 2 N–H and O–H groups in total. The summed E-state index contributed by atoms with van der Waals surface area (Å²) in [7, 11) is 1.78. The van der Waals surface area contributed by atoms with Gasteiger partial charge in [0.2, 0.25) is 5.91 Å². The maximum atomic E-state index is 13.3. The van der Waals surface area contributed by atoms with Gasteiger partial charge in [-0.3, -0.25) is 4.79 Å². The number of aromatic nitrogens is 1. The van der Waals surface area contributed by atoms with Gasteiger partial charge in [-0.25, -0.2) is 19.5 Å². The Morgan fingerprint density at radius 3 is 2.84 bits per heavy atom. The van der Waals surface area contributed by atoms with Gasteiger partial charge in [-0.2, -0.15) is 0 Å². The summed E-state index contributed by atoms with van der Waals surface area (Å²) in [5, 5.41) is 5.67. The van der Waals surface area contributed by atoms with Gasteiger partial charge >= 0.3 is 18.3 Å². The van der Waals surface area contributed by atoms with Crippen molar-refractivity contribution < 1.29 is 37.4 Å². The van der Waals surface area contributed by atoms with Crippen LogP contribution in [0.15, 0.2) is 41.5 Å². The lowest BCUT2D eigenvalue weighted by atomic mass is 9.83. The second-order valence-corrected chi connectivity index (χ2v) is 9.05. The lowest BCUT2D eigenvalue weighted by Crippen LogP contribution is -2.68. The molecular weight excluding hydrogens is 490 g/mol. The van der Waals surface area contributed by atoms with E-state index in [9.17, 15) is 23.2 Å². The summed E-state index contributed by atoms with van der Waals surface area (Å²) in [6, 6.07) is 1.44. The third-order valence-corrected chi connectivity index (χ3v) is 6.62. The number of amides is 3. The Balaban J connectivity index is 1.38. The van der Waals surface area contributed by atoms with E-state index >= 15 is 0 Å². The van der Waals surface area contributed by atoms with E-state index in [-0.39, 0.29) is 24.5 Å². The van der Waals surface area contributed by atoms with Crippen LogP contribution in [-0.4, -0.2) is 59.8 Å². The van der Waals surface area contributed by atoms with Crippen molar-refractivity contribution in [3.05, 3.63) is 47.1 Å². The molecule has 10 nitrogen and oxygen atoms in total. The van der Waals surface area contributed by atoms with E-state index in [2.05, 4.69) is 25.1 Å². The highest BCUT2D eigenvalue weighted by Gasteiger charge is 2.55. The number of aryl methyl sites for hydroxylation is 1. The number of carbonyl (C=O) groups is 3. The number of rotatable bonds is 9. The number of esters is 1. The largest absolute Gasteiger partial charge is 0.585 e. The lowest BCUT2D eigenvalue weighted by Gasteiger charge is -2.44. The molecule has 0 spiro atoms. The SMILES string of the molecule is CCOC(=O)[C@@H]1[C@@H](CCCc2ccnc(NC)c2)C(=O)N1C(=O)N[C@H](C)C1=CC2=C(CC1)OC(F)(F)O2. The summed E-state index contributed by atoms with van der Waals surface area (Å²) in [5.74, 6) is -1.04. The summed E-state index contributed by atoms with van der Waals surface area (Å²) in [6.45, 7) is 3.43. The number of carbonyl (C=O) groups excluding carboxylic acids is 3. The number of nitrogens with zero attached hydrogens (tertiary/aromatic N) is 2. The monoisotopic (exact) mass is 520 g/mol. The molecule has 3 heterocycles. The fourth-order valence-corrected chi connectivity index (χ4v) is 4.72. The van der Waals surface area contributed by atoms with Crippen LogP contribution < -0.4 is 10.6 Å². The van der Waals surface area contributed by atoms with E-state index in [1.165, 1.54) is 6.08 Å². The number of urea groups is 1. The zero-order valence-corrected chi connectivity index (χ0v) is 20.9. The summed E-state index contributed by atoms with van der Waals surface area (Å²) in [6.07, 6.45) is 1.67. The van der Waals surface area contributed by atoms with Gasteiger partial charge < -0.3 is 24.8 Å². The molecule has 2 aliphatic heterocycles. The van der Waals surface area contributed by atoms with Crippen LogP contribution in [0.25, 0.3) is 0 Å². The predicted octanol–water partition coefficient (Wildman–Crippen LogP) is 3.46. The minimum absolute atomic E-state index is 0.0596. The van der Waals surface area contributed by atoms with Crippen molar-refractivity contribution >= 4 is 23.7 Å². The van der Waals surface area contributed by atoms with E-state index in [1.54, 1.807) is 27.1 Å². The Hall–Kier alpha value is -3.70. The molecule has 0 radical (unpaired) electrons. The highest BCUT2D eigenvalue weighted by atomic mass is 19.3. The van der Waals surface area contributed by atoms with Crippen molar-refractivity contribution in [2.24, 2.45) is 5.92 Å². The van der Waals surface area contributed by atoms with Crippen LogP contribution in [0.4, 0.5) is 19.4 Å². The Morgan fingerprint density at radius 2 is 2.11 bits per heavy atom. The van der Waals surface area contributed by atoms with Crippen LogP contribution in [0.5, 0.6) is 0 Å². The average Bonchev–Trinajstić information content (AvgIpc) is 3.17. The van der Waals surface area contributed by atoms with Crippen LogP contribution in [-0.2, 0) is 30.2 Å². The van der Waals surface area contributed by atoms with Crippen LogP contribution in [0.2, 0.25) is 0 Å². The first-order valence-corrected chi connectivity index (χ1v) is 12.3. The summed E-state index contributed by atoms with van der Waals surface area (Å²) in [5.41, 5.74) is 1.67. The molecule has 0 bridgehead atoms. The van der Waals surface area contributed by atoms with Crippen molar-refractivity contribution in [3.63, 3.8) is 0 Å². The van der Waals surface area contributed by atoms with Crippen molar-refractivity contribution in [3.8, 4) is 0 Å². The third-order valence-electron chi connectivity index (χ3n) is 6.62. The minimum atomic E-state index is -3.71. The molecule has 200 valence electrons. The first-order chi connectivity index (χ1) is 17.6. The normalized spacial score (nSPS) is 22.7. The molecule has 37 heavy (non-hydrogen) atoms. The van der Waals surface area contributed by atoms with Gasteiger partial charge in [0.25, 0.3) is 0 Å². The molecule has 0 unspecified atom stereocenters. The molecule has 12 heteroatoms. The van der Waals surface area contributed by atoms with Crippen LogP contribution >= 0.6 is 0 Å². The number of allylic oxidation sites excluding steroid dienone is 2. The van der Waals surface area contributed by atoms with Gasteiger partial charge in [-0.15, -0.1) is 8.78 Å². The number of likely N-dealkylation sites (tertiary alicyclic amines) is 1. The highest BCUT2D eigenvalue weighted by Crippen LogP contribution is 2.40. The molecule has 3 amide bonds. The fourth-order valence-electron chi connectivity index (χ4n) is 4.72. The molecular formula is C25H30F2N4O6. The summed E-state index contributed by atoms with van der Waals surface area (Å²) < 4.78 is 40.8. The van der Waals surface area contributed by atoms with Gasteiger partial charge in [0.15, 0.2) is 11.8 Å². The van der Waals surface area contributed by atoms with E-state index in [0.717, 1.165) is 16.3 Å². The topological polar surface area (TPSA) is 119 Å². The number of hydrogen-bond donors (Lipinski definition) is 2. The standard InChI is InChI=1S/C25H30F2N4O6/c1-4-35-23(33)21-17(7-5-6-15-10-11-29-20(12-15)28-3)22(32)31(21)24(34)30-14(2)16-8-9-18-19(13-16)37-25(26,27)36-18/h10-14,17,21H,4-9H2,1-3H3,(H,28,29)(H,30,34)/t14-,17-,21+/m1/s1. The van der Waals surface area contributed by atoms with Gasteiger partial charge in [-0.05, 0) is 68.9 Å². The predicted molar refractivity (Wildman–Crippen MR) is 127 cm³/mol. The Labute approximate surface area is 213 Å². The number of hydrogen-bond acceptors (Lipinski definition) is 8. The van der Waals surface area contributed by atoms with Crippen LogP contribution in [0.1, 0.15) is 45.1 Å². The Kier molecular flexibility index (Phi) is 7.65. The molecule has 3 aliphatic rings. The van der Waals surface area contributed by atoms with Crippen molar-refractivity contribution in [2.75, 3.05) is 19.0 Å². The minimum Gasteiger partial charge on any atom is -0.464 e. The summed E-state index contributed by atoms with van der Waals surface area (Å²) >= 11 is 0.